The van der Waals surface area contributed by atoms with Gasteiger partial charge in [-0.05, 0) is 46.5 Å². The van der Waals surface area contributed by atoms with E-state index in [0.29, 0.717) is 58.5 Å². The van der Waals surface area contributed by atoms with Gasteiger partial charge in [0.25, 0.3) is 0 Å². The lowest BCUT2D eigenvalue weighted by Crippen LogP contribution is -2.48. The highest BCUT2D eigenvalue weighted by molar-refractivity contribution is 6.43. The highest BCUT2D eigenvalue weighted by Crippen LogP contribution is 2.50. The number of rotatable bonds is 21. The first-order valence-corrected chi connectivity index (χ1v) is 27.6. The third-order valence-corrected chi connectivity index (χ3v) is 14.9. The summed E-state index contributed by atoms with van der Waals surface area (Å²) >= 11 is 26.6. The number of hydrogen-bond donors (Lipinski definition) is 4. The minimum atomic E-state index is -0.446. The Bertz CT molecular complexity index is 3680. The van der Waals surface area contributed by atoms with Gasteiger partial charge in [0, 0.05) is 80.0 Å². The molecular formula is C60H58Cl4N12O9. The Labute approximate surface area is 510 Å². The van der Waals surface area contributed by atoms with Crippen molar-refractivity contribution >= 4 is 122 Å². The van der Waals surface area contributed by atoms with E-state index in [-0.39, 0.29) is 105 Å². The average molecular weight is 1230 g/mol. The quantitative estimate of drug-likeness (QED) is 0.0490. The number of amides is 6. The van der Waals surface area contributed by atoms with Crippen LogP contribution in [0.3, 0.4) is 0 Å². The van der Waals surface area contributed by atoms with E-state index in [9.17, 15) is 24.0 Å². The number of nitrogens with one attached hydrogen (secondary N) is 4. The van der Waals surface area contributed by atoms with Gasteiger partial charge in [0.2, 0.25) is 23.7 Å². The van der Waals surface area contributed by atoms with Crippen molar-refractivity contribution in [1.29, 1.82) is 0 Å². The standard InChI is InChI=1S/C35H34Cl2N6O5.C25H24Cl2N6O4/c1-5-25(44)15-21-10-9-11-22(14-21)19-43-33-24(20-42(35(43)46)32-30(36)27(47-3)16-28(48-4)31(32)37)18-39-34(41-33)38-17-23-12-7-8-13-26(23)40-29(45)6-2;1-5-19(34)28-11-14-8-6-7-9-16(14)30-24-29-12-15-13-33(25(35)32(2)23(15)31-24)22-20(26)17(36-3)10-18(37-4)21(22)27/h6-14,16,18H,2,5,15,17,19-20H2,1,3-4H3,(H,40,45)(H,38,39,41);5-10,12H,1,11,13H2,2-4H3,(H,28,34)(H,29,30,31). The van der Waals surface area contributed by atoms with Gasteiger partial charge < -0.3 is 40.2 Å². The van der Waals surface area contributed by atoms with Crippen LogP contribution < -0.4 is 59.8 Å². The number of Topliss-reactive ketones (excluding diaryl/α,β-unsaturated/α-hetero) is 1. The zero-order valence-electron chi connectivity index (χ0n) is 47.0. The number of carbonyl (C=O) groups is 5. The molecule has 2 aliphatic heterocycles. The Morgan fingerprint density at radius 1 is 0.624 bits per heavy atom. The first-order valence-electron chi connectivity index (χ1n) is 26.1. The third-order valence-electron chi connectivity index (χ3n) is 13.5. The summed E-state index contributed by atoms with van der Waals surface area (Å²) in [5, 5.41) is 12.6. The van der Waals surface area contributed by atoms with E-state index >= 15 is 0 Å². The van der Waals surface area contributed by atoms with Crippen molar-refractivity contribution in [3.05, 3.63) is 176 Å². The summed E-state index contributed by atoms with van der Waals surface area (Å²) in [6.07, 6.45) is 6.40. The number of aromatic nitrogens is 4. The predicted molar refractivity (Wildman–Crippen MR) is 331 cm³/mol. The Balaban J connectivity index is 0.000000229. The molecule has 0 radical (unpaired) electrons. The van der Waals surface area contributed by atoms with Crippen LogP contribution in [0.5, 0.6) is 23.0 Å². The van der Waals surface area contributed by atoms with Gasteiger partial charge >= 0.3 is 12.1 Å². The van der Waals surface area contributed by atoms with Gasteiger partial charge in [0.15, 0.2) is 0 Å². The first kappa shape index (κ1) is 61.9. The molecule has 85 heavy (non-hydrogen) atoms. The minimum Gasteiger partial charge on any atom is -0.495 e. The van der Waals surface area contributed by atoms with E-state index in [0.717, 1.165) is 22.3 Å². The summed E-state index contributed by atoms with van der Waals surface area (Å²) in [7, 11) is 7.45. The number of anilines is 8. The van der Waals surface area contributed by atoms with E-state index in [1.54, 1.807) is 37.6 Å². The van der Waals surface area contributed by atoms with Crippen LogP contribution in [0.4, 0.5) is 55.9 Å². The second kappa shape index (κ2) is 28.0. The molecular weight excluding hydrogens is 1170 g/mol. The van der Waals surface area contributed by atoms with Crippen molar-refractivity contribution < 1.29 is 42.9 Å². The zero-order valence-corrected chi connectivity index (χ0v) is 50.0. The van der Waals surface area contributed by atoms with E-state index in [2.05, 4.69) is 49.4 Å². The SMILES string of the molecule is C=CC(=O)NCc1ccccc1Nc1ncc2c(n1)N(C)C(=O)N(c1c(Cl)c(OC)cc(OC)c1Cl)C2.C=CC(=O)Nc1ccccc1CNc1ncc2c(n1)N(Cc1cccc(CC(=O)CC)c1)C(=O)N(c1c(Cl)c(OC)cc(OC)c1Cl)C2. The molecule has 21 nitrogen and oxygen atoms in total. The highest BCUT2D eigenvalue weighted by atomic mass is 35.5. The highest BCUT2D eigenvalue weighted by Gasteiger charge is 2.38. The van der Waals surface area contributed by atoms with E-state index in [4.69, 9.17) is 70.3 Å². The number of para-hydroxylation sites is 2. The van der Waals surface area contributed by atoms with Crippen molar-refractivity contribution in [2.45, 2.75) is 52.5 Å². The molecule has 440 valence electrons. The molecule has 0 bridgehead atoms. The maximum absolute atomic E-state index is 14.4. The molecule has 4 heterocycles. The average Bonchev–Trinajstić information content (AvgIpc) is 1.34. The first-order chi connectivity index (χ1) is 40.9. The van der Waals surface area contributed by atoms with Crippen LogP contribution in [0.15, 0.2) is 123 Å². The zero-order chi connectivity index (χ0) is 61.1. The van der Waals surface area contributed by atoms with Crippen molar-refractivity contribution in [2.75, 3.05) is 71.0 Å². The molecule has 0 saturated carbocycles. The summed E-state index contributed by atoms with van der Waals surface area (Å²) in [5.74, 6) is 2.08. The third kappa shape index (κ3) is 13.9. The van der Waals surface area contributed by atoms with Crippen LogP contribution in [0.2, 0.25) is 20.1 Å². The Hall–Kier alpha value is -9.15. The number of hydrogen-bond acceptors (Lipinski definition) is 15. The van der Waals surface area contributed by atoms with Crippen LogP contribution in [0.1, 0.15) is 46.7 Å². The Kier molecular flexibility index (Phi) is 20.4. The molecule has 5 aromatic carbocycles. The van der Waals surface area contributed by atoms with Gasteiger partial charge in [-0.2, -0.15) is 9.97 Å². The fourth-order valence-electron chi connectivity index (χ4n) is 9.08. The van der Waals surface area contributed by atoms with Crippen molar-refractivity contribution in [3.8, 4) is 23.0 Å². The van der Waals surface area contributed by atoms with Gasteiger partial charge in [0.05, 0.1) is 59.4 Å². The molecule has 2 aliphatic rings. The molecule has 0 fully saturated rings. The number of nitrogens with zero attached hydrogens (tertiary/aromatic N) is 8. The normalized spacial score (nSPS) is 12.4. The lowest BCUT2D eigenvalue weighted by Gasteiger charge is -2.37. The lowest BCUT2D eigenvalue weighted by atomic mass is 10.0. The minimum absolute atomic E-state index is 0.0577. The van der Waals surface area contributed by atoms with Gasteiger partial charge in [-0.25, -0.2) is 19.6 Å². The fraction of sp³-hybridized carbons (Fsp3) is 0.217. The van der Waals surface area contributed by atoms with Crippen LogP contribution in [-0.4, -0.2) is 85.1 Å². The lowest BCUT2D eigenvalue weighted by molar-refractivity contribution is -0.118. The van der Waals surface area contributed by atoms with Gasteiger partial charge in [0.1, 0.15) is 60.5 Å². The van der Waals surface area contributed by atoms with Crippen LogP contribution >= 0.6 is 46.4 Å². The molecule has 25 heteroatoms. The van der Waals surface area contributed by atoms with Gasteiger partial charge in [-0.1, -0.05) is 127 Å². The number of fused-ring (bicyclic) bond motifs is 2. The molecule has 0 atom stereocenters. The maximum Gasteiger partial charge on any atom is 0.330 e. The monoisotopic (exact) mass is 1230 g/mol. The fourth-order valence-corrected chi connectivity index (χ4v) is 10.5. The smallest absolute Gasteiger partial charge is 0.330 e. The summed E-state index contributed by atoms with van der Waals surface area (Å²) in [6, 6.07) is 24.5. The van der Waals surface area contributed by atoms with Crippen LogP contribution in [0.25, 0.3) is 0 Å². The number of ketones is 1. The van der Waals surface area contributed by atoms with Crippen molar-refractivity contribution in [2.24, 2.45) is 0 Å². The molecule has 0 spiro atoms. The molecule has 7 aromatic rings. The Morgan fingerprint density at radius 2 is 1.13 bits per heavy atom. The molecule has 6 amide bonds. The molecule has 0 unspecified atom stereocenters. The molecule has 0 saturated heterocycles. The van der Waals surface area contributed by atoms with Crippen molar-refractivity contribution in [1.82, 2.24) is 25.3 Å². The Morgan fingerprint density at radius 3 is 1.69 bits per heavy atom. The van der Waals surface area contributed by atoms with E-state index in [1.807, 2.05) is 73.7 Å². The number of ether oxygens (including phenoxy) is 4. The number of methoxy groups -OCH3 is 4. The van der Waals surface area contributed by atoms with E-state index in [1.165, 1.54) is 60.2 Å². The van der Waals surface area contributed by atoms with Gasteiger partial charge in [-0.3, -0.25) is 34.0 Å². The largest absolute Gasteiger partial charge is 0.495 e. The molecule has 2 aromatic heterocycles. The number of urea groups is 2. The van der Waals surface area contributed by atoms with Gasteiger partial charge in [-0.15, -0.1) is 0 Å². The molecule has 9 rings (SSSR count). The molecule has 4 N–H and O–H groups in total. The number of benzene rings is 5. The van der Waals surface area contributed by atoms with Crippen LogP contribution in [-0.2, 0) is 53.5 Å². The topological polar surface area (TPSA) is 235 Å². The number of halogens is 4. The summed E-state index contributed by atoms with van der Waals surface area (Å²) < 4.78 is 21.6. The molecule has 0 aliphatic carbocycles. The maximum atomic E-state index is 14.4. The van der Waals surface area contributed by atoms with E-state index < -0.39 is 12.1 Å². The summed E-state index contributed by atoms with van der Waals surface area (Å²) in [6.45, 7) is 9.68. The summed E-state index contributed by atoms with van der Waals surface area (Å²) in [5.41, 5.74) is 6.36. The summed E-state index contributed by atoms with van der Waals surface area (Å²) in [4.78, 5) is 87.7. The van der Waals surface area contributed by atoms with Crippen molar-refractivity contribution in [3.63, 3.8) is 0 Å². The van der Waals surface area contributed by atoms with Crippen LogP contribution in [0, 0.1) is 0 Å². The second-order valence-electron chi connectivity index (χ2n) is 18.8. The second-order valence-corrected chi connectivity index (χ2v) is 20.3. The number of carbonyl (C=O) groups excluding carboxylic acids is 5. The predicted octanol–water partition coefficient (Wildman–Crippen LogP) is 12.1.